The third-order valence-electron chi connectivity index (χ3n) is 1.43. The van der Waals surface area contributed by atoms with Gasteiger partial charge in [0.2, 0.25) is 0 Å². The summed E-state index contributed by atoms with van der Waals surface area (Å²) in [5.74, 6) is 1.23. The Bertz CT molecular complexity index is 258. The fraction of sp³-hybridized carbons (Fsp3) is 0.400. The van der Waals surface area contributed by atoms with E-state index < -0.39 is 0 Å². The number of aliphatic hydroxyl groups is 1. The molecule has 1 aromatic carbocycles. The standard InChI is InChI=1S/C10H14O3/c1-8(2)13-10-6-4-3-5-9(10)12-7-11/h3-6,8,11H,7H2,1-2H3. The molecule has 3 heteroatoms. The van der Waals surface area contributed by atoms with E-state index in [1.165, 1.54) is 0 Å². The van der Waals surface area contributed by atoms with Crippen LogP contribution in [0.25, 0.3) is 0 Å². The molecule has 0 aliphatic carbocycles. The molecule has 1 aromatic rings. The monoisotopic (exact) mass is 182 g/mol. The summed E-state index contributed by atoms with van der Waals surface area (Å²) in [6.07, 6.45) is 0.100. The van der Waals surface area contributed by atoms with Gasteiger partial charge in [0.15, 0.2) is 18.3 Å². The molecule has 0 amide bonds. The second-order valence-electron chi connectivity index (χ2n) is 2.89. The van der Waals surface area contributed by atoms with Gasteiger partial charge in [-0.25, -0.2) is 0 Å². The maximum atomic E-state index is 8.60. The molecule has 0 saturated carbocycles. The van der Waals surface area contributed by atoms with Gasteiger partial charge in [0.25, 0.3) is 0 Å². The number of rotatable bonds is 4. The molecule has 0 saturated heterocycles. The molecule has 0 radical (unpaired) electrons. The lowest BCUT2D eigenvalue weighted by molar-refractivity contribution is 0.0924. The van der Waals surface area contributed by atoms with Gasteiger partial charge in [0.05, 0.1) is 6.10 Å². The molecular weight excluding hydrogens is 168 g/mol. The topological polar surface area (TPSA) is 38.7 Å². The van der Waals surface area contributed by atoms with Crippen molar-refractivity contribution in [3.63, 3.8) is 0 Å². The zero-order chi connectivity index (χ0) is 9.68. The third-order valence-corrected chi connectivity index (χ3v) is 1.43. The van der Waals surface area contributed by atoms with Crippen molar-refractivity contribution in [2.24, 2.45) is 0 Å². The highest BCUT2D eigenvalue weighted by molar-refractivity contribution is 5.39. The molecule has 72 valence electrons. The van der Waals surface area contributed by atoms with Gasteiger partial charge < -0.3 is 14.6 Å². The SMILES string of the molecule is CC(C)Oc1ccccc1OCO. The zero-order valence-electron chi connectivity index (χ0n) is 7.86. The second kappa shape index (κ2) is 4.72. The number of hydrogen-bond donors (Lipinski definition) is 1. The van der Waals surface area contributed by atoms with Gasteiger partial charge in [-0.3, -0.25) is 0 Å². The lowest BCUT2D eigenvalue weighted by atomic mass is 10.3. The molecule has 3 nitrogen and oxygen atoms in total. The van der Waals surface area contributed by atoms with Gasteiger partial charge in [-0.05, 0) is 26.0 Å². The first-order valence-corrected chi connectivity index (χ1v) is 4.23. The molecule has 0 aliphatic heterocycles. The summed E-state index contributed by atoms with van der Waals surface area (Å²) in [4.78, 5) is 0. The van der Waals surface area contributed by atoms with Crippen LogP contribution >= 0.6 is 0 Å². The van der Waals surface area contributed by atoms with Crippen molar-refractivity contribution in [1.82, 2.24) is 0 Å². The van der Waals surface area contributed by atoms with Crippen LogP contribution in [-0.2, 0) is 0 Å². The molecule has 0 heterocycles. The fourth-order valence-corrected chi connectivity index (χ4v) is 0.990. The summed E-state index contributed by atoms with van der Waals surface area (Å²) in [6.45, 7) is 3.55. The Morgan fingerprint density at radius 2 is 1.85 bits per heavy atom. The van der Waals surface area contributed by atoms with Gasteiger partial charge in [-0.1, -0.05) is 12.1 Å². The van der Waals surface area contributed by atoms with E-state index in [2.05, 4.69) is 0 Å². The Morgan fingerprint density at radius 3 is 2.38 bits per heavy atom. The van der Waals surface area contributed by atoms with Crippen LogP contribution in [0.1, 0.15) is 13.8 Å². The van der Waals surface area contributed by atoms with E-state index in [0.29, 0.717) is 11.5 Å². The summed E-state index contributed by atoms with van der Waals surface area (Å²) in [5.41, 5.74) is 0. The first-order valence-electron chi connectivity index (χ1n) is 4.23. The van der Waals surface area contributed by atoms with Crippen molar-refractivity contribution < 1.29 is 14.6 Å². The Hall–Kier alpha value is -1.22. The molecule has 0 aromatic heterocycles. The first kappa shape index (κ1) is 9.86. The quantitative estimate of drug-likeness (QED) is 0.721. The van der Waals surface area contributed by atoms with E-state index in [0.717, 1.165) is 0 Å². The van der Waals surface area contributed by atoms with E-state index in [9.17, 15) is 0 Å². The average molecular weight is 182 g/mol. The fourth-order valence-electron chi connectivity index (χ4n) is 0.990. The molecule has 0 atom stereocenters. The van der Waals surface area contributed by atoms with Crippen molar-refractivity contribution in [1.29, 1.82) is 0 Å². The summed E-state index contributed by atoms with van der Waals surface area (Å²) in [6, 6.07) is 7.26. The van der Waals surface area contributed by atoms with Gasteiger partial charge in [-0.2, -0.15) is 0 Å². The van der Waals surface area contributed by atoms with Crippen LogP contribution in [0.2, 0.25) is 0 Å². The van der Waals surface area contributed by atoms with E-state index in [1.54, 1.807) is 6.07 Å². The predicted octanol–water partition coefficient (Wildman–Crippen LogP) is 1.80. The molecular formula is C10H14O3. The number of para-hydroxylation sites is 2. The normalized spacial score (nSPS) is 10.2. The number of aliphatic hydroxyl groups excluding tert-OH is 1. The van der Waals surface area contributed by atoms with Crippen LogP contribution in [0.5, 0.6) is 11.5 Å². The molecule has 1 rings (SSSR count). The maximum Gasteiger partial charge on any atom is 0.186 e. The summed E-state index contributed by atoms with van der Waals surface area (Å²) in [7, 11) is 0. The summed E-state index contributed by atoms with van der Waals surface area (Å²) in [5, 5.41) is 8.60. The van der Waals surface area contributed by atoms with Gasteiger partial charge >= 0.3 is 0 Å². The number of hydrogen-bond acceptors (Lipinski definition) is 3. The highest BCUT2D eigenvalue weighted by Gasteiger charge is 2.04. The van der Waals surface area contributed by atoms with Crippen molar-refractivity contribution >= 4 is 0 Å². The average Bonchev–Trinajstić information content (AvgIpc) is 2.08. The molecule has 0 aliphatic rings. The number of ether oxygens (including phenoxy) is 2. The van der Waals surface area contributed by atoms with Crippen molar-refractivity contribution in [2.75, 3.05) is 6.79 Å². The molecule has 13 heavy (non-hydrogen) atoms. The zero-order valence-corrected chi connectivity index (χ0v) is 7.86. The van der Waals surface area contributed by atoms with Crippen molar-refractivity contribution in [2.45, 2.75) is 20.0 Å². The Kier molecular flexibility index (Phi) is 3.58. The van der Waals surface area contributed by atoms with Crippen LogP contribution < -0.4 is 9.47 Å². The van der Waals surface area contributed by atoms with Crippen molar-refractivity contribution in [3.8, 4) is 11.5 Å². The van der Waals surface area contributed by atoms with Gasteiger partial charge in [0, 0.05) is 0 Å². The van der Waals surface area contributed by atoms with Crippen LogP contribution in [-0.4, -0.2) is 18.0 Å². The Labute approximate surface area is 77.9 Å². The second-order valence-corrected chi connectivity index (χ2v) is 2.89. The minimum atomic E-state index is -0.335. The highest BCUT2D eigenvalue weighted by atomic mass is 16.6. The Balaban J connectivity index is 2.78. The lowest BCUT2D eigenvalue weighted by Crippen LogP contribution is -2.07. The van der Waals surface area contributed by atoms with Crippen LogP contribution in [0.3, 0.4) is 0 Å². The van der Waals surface area contributed by atoms with E-state index in [1.807, 2.05) is 32.0 Å². The first-order chi connectivity index (χ1) is 6.24. The van der Waals surface area contributed by atoms with Gasteiger partial charge in [-0.15, -0.1) is 0 Å². The van der Waals surface area contributed by atoms with Crippen LogP contribution in [0.15, 0.2) is 24.3 Å². The molecule has 0 spiro atoms. The largest absolute Gasteiger partial charge is 0.487 e. The van der Waals surface area contributed by atoms with E-state index in [4.69, 9.17) is 14.6 Å². The predicted molar refractivity (Wildman–Crippen MR) is 49.9 cm³/mol. The lowest BCUT2D eigenvalue weighted by Gasteiger charge is -2.13. The van der Waals surface area contributed by atoms with E-state index >= 15 is 0 Å². The van der Waals surface area contributed by atoms with Gasteiger partial charge in [0.1, 0.15) is 0 Å². The number of benzene rings is 1. The van der Waals surface area contributed by atoms with Crippen LogP contribution in [0.4, 0.5) is 0 Å². The highest BCUT2D eigenvalue weighted by Crippen LogP contribution is 2.26. The molecule has 0 unspecified atom stereocenters. The smallest absolute Gasteiger partial charge is 0.186 e. The minimum Gasteiger partial charge on any atom is -0.487 e. The van der Waals surface area contributed by atoms with E-state index in [-0.39, 0.29) is 12.9 Å². The Morgan fingerprint density at radius 1 is 1.23 bits per heavy atom. The van der Waals surface area contributed by atoms with Crippen molar-refractivity contribution in [3.05, 3.63) is 24.3 Å². The van der Waals surface area contributed by atoms with Crippen LogP contribution in [0, 0.1) is 0 Å². The molecule has 0 fully saturated rings. The maximum absolute atomic E-state index is 8.60. The summed E-state index contributed by atoms with van der Waals surface area (Å²) < 4.78 is 10.4. The molecule has 1 N–H and O–H groups in total. The third kappa shape index (κ3) is 2.95. The minimum absolute atomic E-state index is 0.100. The molecule has 0 bridgehead atoms. The summed E-state index contributed by atoms with van der Waals surface area (Å²) >= 11 is 0.